The third kappa shape index (κ3) is 3.47. The van der Waals surface area contributed by atoms with Gasteiger partial charge in [-0.1, -0.05) is 0 Å². The number of hydrazine groups is 1. The van der Waals surface area contributed by atoms with E-state index in [1.54, 1.807) is 6.26 Å². The molecule has 0 bridgehead atoms. The maximum absolute atomic E-state index is 13.4. The summed E-state index contributed by atoms with van der Waals surface area (Å²) in [7, 11) is 0. The van der Waals surface area contributed by atoms with Crippen LogP contribution in [0.15, 0.2) is 89.0 Å². The normalized spacial score (nSPS) is 21.1. The number of benzene rings is 2. The van der Waals surface area contributed by atoms with Crippen molar-refractivity contribution in [2.75, 3.05) is 6.61 Å². The number of rotatable bonds is 6. The minimum absolute atomic E-state index is 0.0792. The summed E-state index contributed by atoms with van der Waals surface area (Å²) in [5.74, 6) is 0.888. The summed E-state index contributed by atoms with van der Waals surface area (Å²) in [5, 5.41) is 4.04. The molecule has 1 amide bonds. The molecule has 2 aliphatic heterocycles. The van der Waals surface area contributed by atoms with Gasteiger partial charge in [-0.3, -0.25) is 0 Å². The van der Waals surface area contributed by atoms with Gasteiger partial charge in [0.05, 0.1) is 0 Å². The zero-order valence-electron chi connectivity index (χ0n) is 17.1. The molecule has 5 rings (SSSR count). The molecule has 156 valence electrons. The molecule has 0 aliphatic carbocycles. The molecule has 0 N–H and O–H groups in total. The number of carbonyl (C=O) groups is 1. The second-order valence-electron chi connectivity index (χ2n) is 7.48. The Hall–Kier alpha value is -2.59. The average molecular weight is 582 g/mol. The number of fused-ring (bicyclic) bond motifs is 1. The van der Waals surface area contributed by atoms with Crippen molar-refractivity contribution in [1.29, 1.82) is 0 Å². The average Bonchev–Trinajstić information content (AvgIpc) is 3.51. The zero-order valence-corrected chi connectivity index (χ0v) is 20.0. The summed E-state index contributed by atoms with van der Waals surface area (Å²) in [6.45, 7) is 2.56. The Kier molecular flexibility index (Phi) is 5.57. The van der Waals surface area contributed by atoms with Crippen molar-refractivity contribution < 1.29 is 33.3 Å². The van der Waals surface area contributed by atoms with E-state index in [1.165, 1.54) is 19.4 Å². The molecule has 0 saturated carbocycles. The standard InChI is InChI=1S/C25H22N2O3.W/c1-2-29-17-20-24(19-12-7-4-8-13-19)27-23(28)16-21(18-10-5-3-6-11-18)26(27)25(20)22-14-9-15-30-22;/h3-15,21,25H,2,16H2,1H3;/t21-,25+;/m0./s1. The minimum atomic E-state index is -0.235. The first-order chi connectivity index (χ1) is 15.2. The van der Waals surface area contributed by atoms with E-state index >= 15 is 0 Å². The molecule has 0 spiro atoms. The number of furan rings is 1. The fraction of sp³-hybridized carbons (Fsp3) is 0.200. The first-order valence-corrected chi connectivity index (χ1v) is 11.8. The molecule has 1 aromatic heterocycles. The molecule has 6 heteroatoms. The molecule has 3 heterocycles. The second kappa shape index (κ2) is 8.50. The topological polar surface area (TPSA) is 45.9 Å². The number of amides is 1. The summed E-state index contributed by atoms with van der Waals surface area (Å²) in [6.07, 6.45) is 2.11. The number of nitrogens with zero attached hydrogens (tertiary/aromatic N) is 2. The number of ether oxygens (including phenoxy) is 1. The SMILES string of the molecule is CCO[C](=[W])C1=C(c2ccccc2)N2C(=O)C[C@@H](c3ccccc3)N2[C@H]1c1ccco1. The van der Waals surface area contributed by atoms with Gasteiger partial charge in [-0.25, -0.2) is 0 Å². The van der Waals surface area contributed by atoms with Crippen molar-refractivity contribution in [1.82, 2.24) is 10.0 Å². The molecule has 2 atom stereocenters. The van der Waals surface area contributed by atoms with Crippen LogP contribution in [0.1, 0.15) is 42.3 Å². The Labute approximate surface area is 192 Å². The van der Waals surface area contributed by atoms with Crippen LogP contribution in [0.25, 0.3) is 5.70 Å². The fourth-order valence-electron chi connectivity index (χ4n) is 4.48. The van der Waals surface area contributed by atoms with Crippen LogP contribution in [0.5, 0.6) is 0 Å². The monoisotopic (exact) mass is 582 g/mol. The van der Waals surface area contributed by atoms with Gasteiger partial charge < -0.3 is 0 Å². The van der Waals surface area contributed by atoms with E-state index in [0.29, 0.717) is 13.0 Å². The Bertz CT molecular complexity index is 1130. The van der Waals surface area contributed by atoms with Crippen molar-refractivity contribution in [2.45, 2.75) is 25.4 Å². The van der Waals surface area contributed by atoms with Gasteiger partial charge in [0.25, 0.3) is 0 Å². The van der Waals surface area contributed by atoms with Gasteiger partial charge in [0, 0.05) is 0 Å². The summed E-state index contributed by atoms with van der Waals surface area (Å²) in [6, 6.07) is 23.9. The molecule has 0 radical (unpaired) electrons. The first kappa shape index (κ1) is 20.3. The van der Waals surface area contributed by atoms with Gasteiger partial charge in [-0.15, -0.1) is 0 Å². The number of hydrogen-bond donors (Lipinski definition) is 0. The molecule has 3 aromatic rings. The fourth-order valence-corrected chi connectivity index (χ4v) is 5.65. The van der Waals surface area contributed by atoms with Crippen LogP contribution in [0.2, 0.25) is 0 Å². The summed E-state index contributed by atoms with van der Waals surface area (Å²) >= 11 is 1.22. The quantitative estimate of drug-likeness (QED) is 0.425. The third-order valence-corrected chi connectivity index (χ3v) is 6.91. The van der Waals surface area contributed by atoms with Crippen molar-refractivity contribution in [3.05, 3.63) is 102 Å². The van der Waals surface area contributed by atoms with Gasteiger partial charge in [0.2, 0.25) is 0 Å². The van der Waals surface area contributed by atoms with Crippen LogP contribution >= 0.6 is 0 Å². The molecule has 1 fully saturated rings. The predicted molar refractivity (Wildman–Crippen MR) is 114 cm³/mol. The summed E-state index contributed by atoms with van der Waals surface area (Å²) < 4.78 is 12.8. The Morgan fingerprint density at radius 2 is 1.77 bits per heavy atom. The summed E-state index contributed by atoms with van der Waals surface area (Å²) in [5.41, 5.74) is 4.01. The van der Waals surface area contributed by atoms with Gasteiger partial charge in [0.1, 0.15) is 0 Å². The maximum atomic E-state index is 13.4. The van der Waals surface area contributed by atoms with E-state index in [1.807, 2.05) is 60.5 Å². The number of carbonyl (C=O) groups excluding carboxylic acids is 1. The molecular formula is C25H22N2O3W. The molecule has 2 aliphatic rings. The molecule has 31 heavy (non-hydrogen) atoms. The molecular weight excluding hydrogens is 560 g/mol. The van der Waals surface area contributed by atoms with E-state index in [4.69, 9.17) is 9.15 Å². The van der Waals surface area contributed by atoms with Gasteiger partial charge in [-0.2, -0.15) is 0 Å². The molecule has 1 saturated heterocycles. The second-order valence-corrected chi connectivity index (χ2v) is 8.82. The van der Waals surface area contributed by atoms with Crippen LogP contribution in [0, 0.1) is 0 Å². The van der Waals surface area contributed by atoms with Crippen LogP contribution in [0.3, 0.4) is 0 Å². The van der Waals surface area contributed by atoms with Gasteiger partial charge >= 0.3 is 193 Å². The first-order valence-electron chi connectivity index (χ1n) is 10.4. The van der Waals surface area contributed by atoms with Crippen molar-refractivity contribution in [2.24, 2.45) is 0 Å². The van der Waals surface area contributed by atoms with Crippen molar-refractivity contribution in [3.8, 4) is 0 Å². The van der Waals surface area contributed by atoms with Gasteiger partial charge in [-0.05, 0) is 0 Å². The molecule has 2 aromatic carbocycles. The zero-order chi connectivity index (χ0) is 21.4. The van der Waals surface area contributed by atoms with Crippen molar-refractivity contribution in [3.63, 3.8) is 0 Å². The Balaban J connectivity index is 1.74. The summed E-state index contributed by atoms with van der Waals surface area (Å²) in [4.78, 5) is 13.4. The van der Waals surface area contributed by atoms with Crippen LogP contribution in [-0.2, 0) is 28.9 Å². The Morgan fingerprint density at radius 3 is 2.42 bits per heavy atom. The van der Waals surface area contributed by atoms with E-state index in [-0.39, 0.29) is 18.0 Å². The number of hydrogen-bond acceptors (Lipinski definition) is 4. The van der Waals surface area contributed by atoms with E-state index < -0.39 is 0 Å². The van der Waals surface area contributed by atoms with E-state index in [0.717, 1.165) is 32.2 Å². The van der Waals surface area contributed by atoms with Crippen LogP contribution in [0.4, 0.5) is 0 Å². The Morgan fingerprint density at radius 1 is 1.06 bits per heavy atom. The van der Waals surface area contributed by atoms with Crippen LogP contribution < -0.4 is 0 Å². The predicted octanol–water partition coefficient (Wildman–Crippen LogP) is 4.65. The van der Waals surface area contributed by atoms with E-state index in [9.17, 15) is 4.79 Å². The molecule has 5 nitrogen and oxygen atoms in total. The van der Waals surface area contributed by atoms with E-state index in [2.05, 4.69) is 29.3 Å². The van der Waals surface area contributed by atoms with Crippen LogP contribution in [-0.4, -0.2) is 26.6 Å². The van der Waals surface area contributed by atoms with Crippen molar-refractivity contribution >= 4 is 15.7 Å². The third-order valence-electron chi connectivity index (χ3n) is 5.70. The van der Waals surface area contributed by atoms with Gasteiger partial charge in [0.15, 0.2) is 0 Å². The molecule has 0 unspecified atom stereocenters.